The van der Waals surface area contributed by atoms with Crippen molar-refractivity contribution in [3.63, 3.8) is 0 Å². The minimum atomic E-state index is -0.534. The Kier molecular flexibility index (Phi) is 8.54. The van der Waals surface area contributed by atoms with E-state index in [9.17, 15) is 14.9 Å². The minimum Gasteiger partial charge on any atom is -0.302 e. The first-order valence-electron chi connectivity index (χ1n) is 9.28. The maximum atomic E-state index is 13.3. The summed E-state index contributed by atoms with van der Waals surface area (Å²) in [6.07, 6.45) is 0. The molecule has 0 bridgehead atoms. The molecule has 0 saturated carbocycles. The zero-order chi connectivity index (χ0) is 21.0. The molecule has 160 valence electrons. The molecule has 0 atom stereocenters. The maximum absolute atomic E-state index is 13.3. The van der Waals surface area contributed by atoms with E-state index < -0.39 is 10.8 Å². The highest BCUT2D eigenvalue weighted by Crippen LogP contribution is 2.32. The van der Waals surface area contributed by atoms with Crippen LogP contribution in [0.4, 0.5) is 10.8 Å². The molecule has 0 spiro atoms. The van der Waals surface area contributed by atoms with Crippen molar-refractivity contribution in [1.29, 1.82) is 0 Å². The van der Waals surface area contributed by atoms with Gasteiger partial charge in [-0.3, -0.25) is 19.8 Å². The van der Waals surface area contributed by atoms with E-state index in [4.69, 9.17) is 11.6 Å². The van der Waals surface area contributed by atoms with E-state index >= 15 is 0 Å². The van der Waals surface area contributed by atoms with Crippen LogP contribution < -0.4 is 4.90 Å². The third-order valence-electron chi connectivity index (χ3n) is 4.68. The topological polar surface area (TPSA) is 79.6 Å². The first kappa shape index (κ1) is 24.0. The number of carbonyl (C=O) groups excluding carboxylic acids is 1. The molecule has 7 nitrogen and oxygen atoms in total. The summed E-state index contributed by atoms with van der Waals surface area (Å²) in [6.45, 7) is 6.81. The van der Waals surface area contributed by atoms with Gasteiger partial charge in [-0.2, -0.15) is 0 Å². The second-order valence-corrected chi connectivity index (χ2v) is 7.81. The van der Waals surface area contributed by atoms with E-state index in [-0.39, 0.29) is 23.7 Å². The van der Waals surface area contributed by atoms with Crippen LogP contribution in [0.5, 0.6) is 0 Å². The van der Waals surface area contributed by atoms with Gasteiger partial charge in [0, 0.05) is 24.2 Å². The predicted molar refractivity (Wildman–Crippen MR) is 124 cm³/mol. The summed E-state index contributed by atoms with van der Waals surface area (Å²) < 4.78 is 0.857. The lowest BCUT2D eigenvalue weighted by Crippen LogP contribution is -2.39. The van der Waals surface area contributed by atoms with Crippen LogP contribution in [0.25, 0.3) is 10.2 Å². The first-order chi connectivity index (χ1) is 13.9. The molecule has 1 heterocycles. The Morgan fingerprint density at radius 3 is 2.53 bits per heavy atom. The molecule has 0 unspecified atom stereocenters. The number of fused-ring (bicyclic) bond motifs is 1. The second kappa shape index (κ2) is 10.7. The summed E-state index contributed by atoms with van der Waals surface area (Å²) in [4.78, 5) is 32.5. The average Bonchev–Trinajstić information content (AvgIpc) is 3.13. The van der Waals surface area contributed by atoms with Crippen LogP contribution >= 0.6 is 35.3 Å². The van der Waals surface area contributed by atoms with Crippen LogP contribution in [0.3, 0.4) is 0 Å². The van der Waals surface area contributed by atoms with Crippen molar-refractivity contribution < 1.29 is 9.72 Å². The molecule has 3 rings (SSSR count). The number of hydrogen-bond donors (Lipinski definition) is 0. The van der Waals surface area contributed by atoms with E-state index in [0.29, 0.717) is 23.2 Å². The van der Waals surface area contributed by atoms with Gasteiger partial charge in [-0.1, -0.05) is 48.9 Å². The van der Waals surface area contributed by atoms with Crippen molar-refractivity contribution in [2.24, 2.45) is 0 Å². The van der Waals surface area contributed by atoms with Gasteiger partial charge < -0.3 is 4.90 Å². The van der Waals surface area contributed by atoms with Gasteiger partial charge >= 0.3 is 0 Å². The number of nitro groups is 1. The lowest BCUT2D eigenvalue weighted by atomic mass is 10.1. The van der Waals surface area contributed by atoms with E-state index in [1.807, 2.05) is 0 Å². The number of amides is 1. The predicted octanol–water partition coefficient (Wildman–Crippen LogP) is 5.27. The van der Waals surface area contributed by atoms with Crippen LogP contribution in [0, 0.1) is 10.1 Å². The molecule has 0 N–H and O–H groups in total. The largest absolute Gasteiger partial charge is 0.302 e. The molecular formula is C20H22Cl2N4O3S. The van der Waals surface area contributed by atoms with E-state index in [2.05, 4.69) is 23.7 Å². The third-order valence-corrected chi connectivity index (χ3v) is 5.96. The van der Waals surface area contributed by atoms with Crippen LogP contribution in [-0.4, -0.2) is 46.9 Å². The van der Waals surface area contributed by atoms with Crippen molar-refractivity contribution >= 4 is 62.3 Å². The van der Waals surface area contributed by atoms with Gasteiger partial charge in [-0.15, -0.1) is 12.4 Å². The molecule has 2 aromatic carbocycles. The zero-order valence-corrected chi connectivity index (χ0v) is 19.0. The molecule has 1 amide bonds. The lowest BCUT2D eigenvalue weighted by Gasteiger charge is -2.24. The molecule has 0 radical (unpaired) electrons. The Hall–Kier alpha value is -2.26. The number of rotatable bonds is 8. The molecule has 3 aromatic rings. The Morgan fingerprint density at radius 2 is 1.87 bits per heavy atom. The SMILES string of the molecule is CCN(CC)CCN(C(=O)c1ccccc1[N+](=O)[O-])c1nc2ccc(Cl)cc2s1.Cl. The highest BCUT2D eigenvalue weighted by atomic mass is 35.5. The number of carbonyl (C=O) groups is 1. The molecule has 30 heavy (non-hydrogen) atoms. The summed E-state index contributed by atoms with van der Waals surface area (Å²) in [5, 5.41) is 12.5. The number of likely N-dealkylation sites (N-methyl/N-ethyl adjacent to an activating group) is 1. The molecule has 1 aromatic heterocycles. The van der Waals surface area contributed by atoms with Gasteiger partial charge in [0.25, 0.3) is 11.6 Å². The number of benzene rings is 2. The summed E-state index contributed by atoms with van der Waals surface area (Å²) in [5.74, 6) is -0.436. The van der Waals surface area contributed by atoms with Gasteiger partial charge in [0.1, 0.15) is 5.56 Å². The molecule has 10 heteroatoms. The summed E-state index contributed by atoms with van der Waals surface area (Å²) in [5.41, 5.74) is 0.571. The van der Waals surface area contributed by atoms with Crippen molar-refractivity contribution in [2.75, 3.05) is 31.1 Å². The average molecular weight is 469 g/mol. The van der Waals surface area contributed by atoms with Crippen molar-refractivity contribution in [3.8, 4) is 0 Å². The fourth-order valence-electron chi connectivity index (χ4n) is 3.03. The molecule has 0 aliphatic carbocycles. The molecule has 0 aliphatic heterocycles. The first-order valence-corrected chi connectivity index (χ1v) is 10.5. The number of hydrogen-bond acceptors (Lipinski definition) is 6. The maximum Gasteiger partial charge on any atom is 0.282 e. The van der Waals surface area contributed by atoms with E-state index in [1.165, 1.54) is 28.4 Å². The van der Waals surface area contributed by atoms with Crippen LogP contribution in [0.15, 0.2) is 42.5 Å². The smallest absolute Gasteiger partial charge is 0.282 e. The second-order valence-electron chi connectivity index (χ2n) is 6.37. The van der Waals surface area contributed by atoms with Gasteiger partial charge in [0.15, 0.2) is 5.13 Å². The quantitative estimate of drug-likeness (QED) is 0.332. The number of aromatic nitrogens is 1. The van der Waals surface area contributed by atoms with Crippen molar-refractivity contribution in [3.05, 3.63) is 63.2 Å². The fourth-order valence-corrected chi connectivity index (χ4v) is 4.29. The Labute approximate surface area is 189 Å². The Balaban J connectivity index is 0.00000320. The lowest BCUT2D eigenvalue weighted by molar-refractivity contribution is -0.385. The summed E-state index contributed by atoms with van der Waals surface area (Å²) >= 11 is 7.42. The number of nitro benzene ring substituents is 1. The van der Waals surface area contributed by atoms with Crippen LogP contribution in [-0.2, 0) is 0 Å². The highest BCUT2D eigenvalue weighted by Gasteiger charge is 2.27. The van der Waals surface area contributed by atoms with Crippen molar-refractivity contribution in [2.45, 2.75) is 13.8 Å². The number of nitrogens with zero attached hydrogens (tertiary/aromatic N) is 4. The van der Waals surface area contributed by atoms with Gasteiger partial charge in [-0.05, 0) is 37.4 Å². The Morgan fingerprint density at radius 1 is 1.17 bits per heavy atom. The molecule has 0 saturated heterocycles. The monoisotopic (exact) mass is 468 g/mol. The van der Waals surface area contributed by atoms with Crippen molar-refractivity contribution in [1.82, 2.24) is 9.88 Å². The Bertz CT molecular complexity index is 1040. The van der Waals surface area contributed by atoms with E-state index in [0.717, 1.165) is 23.3 Å². The summed E-state index contributed by atoms with van der Waals surface area (Å²) in [7, 11) is 0. The molecule has 0 fully saturated rings. The standard InChI is InChI=1S/C20H21ClN4O3S.ClH/c1-3-23(4-2)11-12-24(19(26)15-7-5-6-8-17(15)25(27)28)20-22-16-10-9-14(21)13-18(16)29-20;/h5-10,13H,3-4,11-12H2,1-2H3;1H. The van der Waals surface area contributed by atoms with Gasteiger partial charge in [0.2, 0.25) is 0 Å². The van der Waals surface area contributed by atoms with Gasteiger partial charge in [-0.25, -0.2) is 4.98 Å². The highest BCUT2D eigenvalue weighted by molar-refractivity contribution is 7.22. The van der Waals surface area contributed by atoms with Crippen LogP contribution in [0.2, 0.25) is 5.02 Å². The number of anilines is 1. The fraction of sp³-hybridized carbons (Fsp3) is 0.300. The minimum absolute atomic E-state index is 0. The van der Waals surface area contributed by atoms with Gasteiger partial charge in [0.05, 0.1) is 15.1 Å². The number of halogens is 2. The molecule has 0 aliphatic rings. The summed E-state index contributed by atoms with van der Waals surface area (Å²) in [6, 6.07) is 11.3. The number of para-hydroxylation sites is 1. The molecular weight excluding hydrogens is 447 g/mol. The zero-order valence-electron chi connectivity index (χ0n) is 16.6. The van der Waals surface area contributed by atoms with Crippen LogP contribution in [0.1, 0.15) is 24.2 Å². The third kappa shape index (κ3) is 5.26. The normalized spacial score (nSPS) is 10.8. The number of thiazole rings is 1. The van der Waals surface area contributed by atoms with E-state index in [1.54, 1.807) is 30.3 Å².